The molecule has 1 aliphatic carbocycles. The van der Waals surface area contributed by atoms with E-state index in [4.69, 9.17) is 11.6 Å². The fourth-order valence-corrected chi connectivity index (χ4v) is 7.19. The number of halogens is 5. The molecule has 2 fully saturated rings. The number of ether oxygens (including phenoxy) is 1. The first-order chi connectivity index (χ1) is 20.4. The average molecular weight is 627 g/mol. The summed E-state index contributed by atoms with van der Waals surface area (Å²) < 4.78 is 57.6. The van der Waals surface area contributed by atoms with Gasteiger partial charge in [0, 0.05) is 5.02 Å². The normalized spacial score (nSPS) is 21.6. The van der Waals surface area contributed by atoms with Crippen LogP contribution >= 0.6 is 11.6 Å². The number of rotatable bonds is 12. The Kier molecular flexibility index (Phi) is 11.9. The highest BCUT2D eigenvalue weighted by Gasteiger charge is 2.37. The first-order valence-electron chi connectivity index (χ1n) is 15.4. The van der Waals surface area contributed by atoms with Gasteiger partial charge in [0.2, 0.25) is 0 Å². The molecule has 1 heterocycles. The maximum absolute atomic E-state index is 15.0. The molecule has 1 saturated heterocycles. The lowest BCUT2D eigenvalue weighted by molar-refractivity contribution is -0.345. The number of carboxylic acid groups (broad SMARTS) is 1. The number of carbonyl (C=O) groups is 1. The van der Waals surface area contributed by atoms with Gasteiger partial charge in [-0.1, -0.05) is 36.2 Å². The summed E-state index contributed by atoms with van der Waals surface area (Å²) >= 11 is 6.26. The van der Waals surface area contributed by atoms with Gasteiger partial charge in [-0.2, -0.15) is 0 Å². The van der Waals surface area contributed by atoms with Crippen LogP contribution in [-0.4, -0.2) is 66.6 Å². The first-order valence-corrected chi connectivity index (χ1v) is 15.7. The van der Waals surface area contributed by atoms with Crippen molar-refractivity contribution >= 4 is 17.6 Å². The summed E-state index contributed by atoms with van der Waals surface area (Å²) in [7, 11) is 1.77. The van der Waals surface area contributed by atoms with Crippen LogP contribution in [0.25, 0.3) is 0 Å². The fraction of sp³-hybridized carbons (Fsp3) is 0.606. The number of carboxylic acids is 1. The highest BCUT2D eigenvalue weighted by molar-refractivity contribution is 6.30. The van der Waals surface area contributed by atoms with Crippen LogP contribution in [-0.2, 0) is 9.53 Å². The number of piperidine rings is 1. The molecule has 2 aromatic carbocycles. The van der Waals surface area contributed by atoms with Gasteiger partial charge >= 0.3 is 12.3 Å². The predicted octanol–water partition coefficient (Wildman–Crippen LogP) is 8.46. The van der Waals surface area contributed by atoms with Crippen molar-refractivity contribution < 1.29 is 32.2 Å². The van der Waals surface area contributed by atoms with E-state index >= 15 is 4.39 Å². The molecule has 0 bridgehead atoms. The van der Waals surface area contributed by atoms with E-state index in [0.29, 0.717) is 42.0 Å². The van der Waals surface area contributed by atoms with Crippen molar-refractivity contribution in [2.24, 2.45) is 0 Å². The lowest BCUT2D eigenvalue weighted by atomic mass is 9.77. The van der Waals surface area contributed by atoms with Crippen LogP contribution in [0.3, 0.4) is 0 Å². The molecular weight excluding hydrogens is 584 g/mol. The highest BCUT2D eigenvalue weighted by Crippen LogP contribution is 2.41. The molecular formula is C33H43ClF4N2O3. The second-order valence-corrected chi connectivity index (χ2v) is 12.6. The molecule has 5 nitrogen and oxygen atoms in total. The van der Waals surface area contributed by atoms with Gasteiger partial charge < -0.3 is 10.0 Å². The minimum Gasteiger partial charge on any atom is -0.480 e. The van der Waals surface area contributed by atoms with Crippen molar-refractivity contribution in [2.45, 2.75) is 95.1 Å². The van der Waals surface area contributed by atoms with Crippen molar-refractivity contribution in [2.75, 3.05) is 33.2 Å². The van der Waals surface area contributed by atoms with E-state index in [0.717, 1.165) is 50.0 Å². The monoisotopic (exact) mass is 626 g/mol. The lowest BCUT2D eigenvalue weighted by Crippen LogP contribution is -2.35. The van der Waals surface area contributed by atoms with Crippen molar-refractivity contribution in [1.82, 2.24) is 9.80 Å². The van der Waals surface area contributed by atoms with E-state index in [1.54, 1.807) is 18.0 Å². The van der Waals surface area contributed by atoms with E-state index in [9.17, 15) is 23.1 Å². The quantitative estimate of drug-likeness (QED) is 0.240. The standard InChI is InChI=1S/C33H43ClF4N2O3/c1-22-7-6-8-27(30(22)24-9-12-26(13-10-24)43-33(36,37)38)31(32(41)42)39(2)19-15-23(16-20-40-17-4-3-5-18-40)28-21-25(34)11-14-29(28)35/h6-8,11,14,21,23-24,26,31H,3-5,9-10,12-13,15-20H2,1-2H3,(H,41,42)/t23-,24?,26?,31?/m1/s1. The molecule has 0 spiro atoms. The maximum atomic E-state index is 15.0. The number of alkyl halides is 3. The molecule has 1 aliphatic heterocycles. The summed E-state index contributed by atoms with van der Waals surface area (Å²) in [5, 5.41) is 10.9. The third-order valence-electron chi connectivity index (χ3n) is 9.18. The van der Waals surface area contributed by atoms with Gasteiger partial charge in [-0.05, 0) is 144 Å². The molecule has 0 amide bonds. The summed E-state index contributed by atoms with van der Waals surface area (Å²) in [4.78, 5) is 17.0. The van der Waals surface area contributed by atoms with Crippen molar-refractivity contribution in [3.05, 3.63) is 69.5 Å². The van der Waals surface area contributed by atoms with Crippen LogP contribution in [0.4, 0.5) is 17.6 Å². The smallest absolute Gasteiger partial charge is 0.480 e. The molecule has 2 aliphatic rings. The van der Waals surface area contributed by atoms with Gasteiger partial charge in [-0.3, -0.25) is 14.4 Å². The van der Waals surface area contributed by atoms with Crippen LogP contribution < -0.4 is 0 Å². The Balaban J connectivity index is 1.51. The number of benzene rings is 2. The van der Waals surface area contributed by atoms with Gasteiger partial charge in [-0.25, -0.2) is 4.39 Å². The third kappa shape index (κ3) is 9.40. The minimum absolute atomic E-state index is 0.0580. The van der Waals surface area contributed by atoms with Crippen molar-refractivity contribution in [1.29, 1.82) is 0 Å². The largest absolute Gasteiger partial charge is 0.522 e. The minimum atomic E-state index is -4.66. The van der Waals surface area contributed by atoms with Gasteiger partial charge in [0.05, 0.1) is 6.10 Å². The number of aryl methyl sites for hydroxylation is 1. The molecule has 4 rings (SSSR count). The number of hydrogen-bond donors (Lipinski definition) is 1. The Morgan fingerprint density at radius 1 is 1.07 bits per heavy atom. The summed E-state index contributed by atoms with van der Waals surface area (Å²) in [6.45, 7) is 5.24. The number of hydrogen-bond acceptors (Lipinski definition) is 4. The molecule has 1 saturated carbocycles. The topological polar surface area (TPSA) is 53.0 Å². The number of likely N-dealkylation sites (tertiary alicyclic amines) is 1. The number of nitrogens with zero attached hydrogens (tertiary/aromatic N) is 2. The summed E-state index contributed by atoms with van der Waals surface area (Å²) in [5.74, 6) is -1.51. The second-order valence-electron chi connectivity index (χ2n) is 12.2. The van der Waals surface area contributed by atoms with Crippen LogP contribution in [0.1, 0.15) is 97.9 Å². The summed E-state index contributed by atoms with van der Waals surface area (Å²) in [6.07, 6.45) is 0.789. The Morgan fingerprint density at radius 2 is 1.77 bits per heavy atom. The molecule has 2 aromatic rings. The maximum Gasteiger partial charge on any atom is 0.522 e. The van der Waals surface area contributed by atoms with E-state index in [-0.39, 0.29) is 30.5 Å². The predicted molar refractivity (Wildman–Crippen MR) is 160 cm³/mol. The molecule has 0 aromatic heterocycles. The highest BCUT2D eigenvalue weighted by atomic mass is 35.5. The second kappa shape index (κ2) is 15.2. The summed E-state index contributed by atoms with van der Waals surface area (Å²) in [6, 6.07) is 9.24. The van der Waals surface area contributed by atoms with Gasteiger partial charge in [0.25, 0.3) is 0 Å². The number of aliphatic carboxylic acids is 1. The van der Waals surface area contributed by atoms with Crippen molar-refractivity contribution in [3.8, 4) is 0 Å². The molecule has 238 valence electrons. The third-order valence-corrected chi connectivity index (χ3v) is 9.42. The van der Waals surface area contributed by atoms with Crippen LogP contribution in [0, 0.1) is 12.7 Å². The Labute approximate surface area is 257 Å². The van der Waals surface area contributed by atoms with E-state index < -0.39 is 24.5 Å². The van der Waals surface area contributed by atoms with Crippen molar-refractivity contribution in [3.63, 3.8) is 0 Å². The Morgan fingerprint density at radius 3 is 2.42 bits per heavy atom. The Bertz CT molecular complexity index is 1210. The molecule has 43 heavy (non-hydrogen) atoms. The van der Waals surface area contributed by atoms with Crippen LogP contribution in [0.2, 0.25) is 5.02 Å². The summed E-state index contributed by atoms with van der Waals surface area (Å²) in [5.41, 5.74) is 3.04. The number of likely N-dealkylation sites (N-methyl/N-ethyl adjacent to an activating group) is 1. The van der Waals surface area contributed by atoms with Crippen LogP contribution in [0.15, 0.2) is 36.4 Å². The molecule has 0 radical (unpaired) electrons. The molecule has 2 atom stereocenters. The van der Waals surface area contributed by atoms with Gasteiger partial charge in [0.1, 0.15) is 11.9 Å². The van der Waals surface area contributed by atoms with E-state index in [1.165, 1.54) is 18.6 Å². The van der Waals surface area contributed by atoms with Gasteiger partial charge in [-0.15, -0.1) is 13.2 Å². The molecule has 1 N–H and O–H groups in total. The lowest BCUT2D eigenvalue weighted by Gasteiger charge is -2.34. The SMILES string of the molecule is Cc1cccc(C(C(=O)O)N(C)CC[C@H](CCN2CCCCC2)c2cc(Cl)ccc2F)c1C1CCC(OC(F)(F)F)CC1. The van der Waals surface area contributed by atoms with E-state index in [2.05, 4.69) is 9.64 Å². The average Bonchev–Trinajstić information content (AvgIpc) is 2.95. The first kappa shape index (κ1) is 33.7. The molecule has 10 heteroatoms. The fourth-order valence-electron chi connectivity index (χ4n) is 7.01. The zero-order valence-electron chi connectivity index (χ0n) is 25.0. The zero-order chi connectivity index (χ0) is 31.1. The Hall–Kier alpha value is -2.20. The molecule has 1 unspecified atom stereocenters. The van der Waals surface area contributed by atoms with E-state index in [1.807, 2.05) is 25.1 Å². The van der Waals surface area contributed by atoms with Gasteiger partial charge in [0.15, 0.2) is 0 Å². The zero-order valence-corrected chi connectivity index (χ0v) is 25.8. The van der Waals surface area contributed by atoms with Crippen LogP contribution in [0.5, 0.6) is 0 Å².